The number of aryl methyl sites for hydroxylation is 2. The summed E-state index contributed by atoms with van der Waals surface area (Å²) in [6, 6.07) is 14.4. The monoisotopic (exact) mass is 367 g/mol. The van der Waals surface area contributed by atoms with Crippen molar-refractivity contribution in [3.05, 3.63) is 58.6 Å². The van der Waals surface area contributed by atoms with Crippen LogP contribution in [0.1, 0.15) is 30.0 Å². The average molecular weight is 368 g/mol. The van der Waals surface area contributed by atoms with Crippen molar-refractivity contribution in [3.8, 4) is 0 Å². The van der Waals surface area contributed by atoms with Crippen molar-refractivity contribution in [2.45, 2.75) is 33.2 Å². The molecule has 2 aromatic carbocycles. The highest BCUT2D eigenvalue weighted by Gasteiger charge is 2.13. The van der Waals surface area contributed by atoms with Crippen molar-refractivity contribution >= 4 is 33.1 Å². The molecular formula is C21H25N3OS. The Hall–Kier alpha value is -2.24. The number of hydrogen-bond acceptors (Lipinski definition) is 4. The maximum Gasteiger partial charge on any atom is 0.238 e. The van der Waals surface area contributed by atoms with E-state index in [2.05, 4.69) is 48.4 Å². The summed E-state index contributed by atoms with van der Waals surface area (Å²) < 4.78 is 1.19. The van der Waals surface area contributed by atoms with Crippen LogP contribution in [0.5, 0.6) is 0 Å². The summed E-state index contributed by atoms with van der Waals surface area (Å²) in [4.78, 5) is 19.2. The third kappa shape index (κ3) is 4.29. The standard InChI is InChI=1S/C21H25N3OS/c1-4-15-9-8-10-16(5-2)21(15)23-19(25)13-24(3)14-20-22-17-11-6-7-12-18(17)26-20/h6-12H,4-5,13-14H2,1-3H3,(H,23,25). The molecule has 0 aliphatic rings. The second kappa shape index (κ2) is 8.43. The molecule has 1 amide bonds. The number of carbonyl (C=O) groups excluding carboxylic acids is 1. The second-order valence-corrected chi connectivity index (χ2v) is 7.57. The first-order chi connectivity index (χ1) is 12.6. The normalized spacial score (nSPS) is 11.2. The Balaban J connectivity index is 1.64. The topological polar surface area (TPSA) is 45.2 Å². The molecule has 1 aromatic heterocycles. The lowest BCUT2D eigenvalue weighted by atomic mass is 10.0. The van der Waals surface area contributed by atoms with Gasteiger partial charge in [0.1, 0.15) is 5.01 Å². The Morgan fingerprint density at radius 2 is 1.77 bits per heavy atom. The SMILES string of the molecule is CCc1cccc(CC)c1NC(=O)CN(C)Cc1nc2ccccc2s1. The van der Waals surface area contributed by atoms with Crippen molar-refractivity contribution in [1.29, 1.82) is 0 Å². The van der Waals surface area contributed by atoms with Crippen LogP contribution in [0, 0.1) is 0 Å². The van der Waals surface area contributed by atoms with E-state index in [-0.39, 0.29) is 5.91 Å². The van der Waals surface area contributed by atoms with Gasteiger partial charge in [0.25, 0.3) is 0 Å². The molecule has 3 rings (SSSR count). The zero-order valence-corrected chi connectivity index (χ0v) is 16.4. The molecule has 136 valence electrons. The maximum atomic E-state index is 12.6. The molecule has 1 heterocycles. The van der Waals surface area contributed by atoms with Crippen LogP contribution in [0.15, 0.2) is 42.5 Å². The van der Waals surface area contributed by atoms with Crippen LogP contribution < -0.4 is 5.32 Å². The number of rotatable bonds is 7. The molecule has 0 aliphatic carbocycles. The number of carbonyl (C=O) groups is 1. The molecule has 4 nitrogen and oxygen atoms in total. The van der Waals surface area contributed by atoms with Gasteiger partial charge in [0.2, 0.25) is 5.91 Å². The number of likely N-dealkylation sites (N-methyl/N-ethyl adjacent to an activating group) is 1. The quantitative estimate of drug-likeness (QED) is 0.669. The summed E-state index contributed by atoms with van der Waals surface area (Å²) >= 11 is 1.68. The number of aromatic nitrogens is 1. The van der Waals surface area contributed by atoms with Crippen LogP contribution in [-0.2, 0) is 24.2 Å². The number of fused-ring (bicyclic) bond motifs is 1. The lowest BCUT2D eigenvalue weighted by Gasteiger charge is -2.18. The molecule has 0 atom stereocenters. The molecule has 3 aromatic rings. The van der Waals surface area contributed by atoms with E-state index in [0.717, 1.165) is 29.1 Å². The van der Waals surface area contributed by atoms with Gasteiger partial charge in [-0.2, -0.15) is 0 Å². The zero-order chi connectivity index (χ0) is 18.5. The fraction of sp³-hybridized carbons (Fsp3) is 0.333. The van der Waals surface area contributed by atoms with Crippen LogP contribution in [0.25, 0.3) is 10.2 Å². The summed E-state index contributed by atoms with van der Waals surface area (Å²) in [6.07, 6.45) is 1.82. The van der Waals surface area contributed by atoms with Gasteiger partial charge >= 0.3 is 0 Å². The lowest BCUT2D eigenvalue weighted by Crippen LogP contribution is -2.30. The molecule has 26 heavy (non-hydrogen) atoms. The Kier molecular flexibility index (Phi) is 6.01. The minimum absolute atomic E-state index is 0.0178. The van der Waals surface area contributed by atoms with E-state index in [1.54, 1.807) is 11.3 Å². The van der Waals surface area contributed by atoms with Gasteiger partial charge in [-0.1, -0.05) is 44.2 Å². The largest absolute Gasteiger partial charge is 0.324 e. The smallest absolute Gasteiger partial charge is 0.238 e. The van der Waals surface area contributed by atoms with Gasteiger partial charge in [0, 0.05) is 5.69 Å². The third-order valence-corrected chi connectivity index (χ3v) is 5.44. The van der Waals surface area contributed by atoms with Gasteiger partial charge < -0.3 is 5.32 Å². The van der Waals surface area contributed by atoms with E-state index in [1.165, 1.54) is 15.8 Å². The van der Waals surface area contributed by atoms with E-state index >= 15 is 0 Å². The number of thiazole rings is 1. The molecule has 0 aliphatic heterocycles. The van der Waals surface area contributed by atoms with Gasteiger partial charge in [-0.25, -0.2) is 4.98 Å². The summed E-state index contributed by atoms with van der Waals surface area (Å²) in [6.45, 7) is 5.24. The number of hydrogen-bond donors (Lipinski definition) is 1. The number of nitrogens with zero attached hydrogens (tertiary/aromatic N) is 2. The molecule has 0 radical (unpaired) electrons. The van der Waals surface area contributed by atoms with Gasteiger partial charge in [-0.05, 0) is 43.1 Å². The first-order valence-corrected chi connectivity index (χ1v) is 9.86. The Bertz CT molecular complexity index is 848. The fourth-order valence-electron chi connectivity index (χ4n) is 3.10. The fourth-order valence-corrected chi connectivity index (χ4v) is 4.15. The molecule has 5 heteroatoms. The average Bonchev–Trinajstić information content (AvgIpc) is 3.03. The molecule has 1 N–H and O–H groups in total. The molecular weight excluding hydrogens is 342 g/mol. The number of para-hydroxylation sites is 2. The van der Waals surface area contributed by atoms with Gasteiger partial charge in [-0.3, -0.25) is 9.69 Å². The van der Waals surface area contributed by atoms with Gasteiger partial charge in [0.05, 0.1) is 23.3 Å². The summed E-state index contributed by atoms with van der Waals surface area (Å²) in [5.74, 6) is 0.0178. The highest BCUT2D eigenvalue weighted by molar-refractivity contribution is 7.18. The van der Waals surface area contributed by atoms with Crippen LogP contribution in [0.3, 0.4) is 0 Å². The third-order valence-electron chi connectivity index (χ3n) is 4.42. The van der Waals surface area contributed by atoms with Crippen molar-refractivity contribution in [2.24, 2.45) is 0 Å². The maximum absolute atomic E-state index is 12.6. The summed E-state index contributed by atoms with van der Waals surface area (Å²) in [7, 11) is 1.96. The Morgan fingerprint density at radius 3 is 2.42 bits per heavy atom. The van der Waals surface area contributed by atoms with Crippen LogP contribution in [-0.4, -0.2) is 29.4 Å². The molecule has 0 saturated carbocycles. The van der Waals surface area contributed by atoms with E-state index in [0.29, 0.717) is 13.1 Å². The van der Waals surface area contributed by atoms with E-state index in [9.17, 15) is 4.79 Å². The molecule has 0 saturated heterocycles. The highest BCUT2D eigenvalue weighted by atomic mass is 32.1. The first kappa shape index (κ1) is 18.5. The lowest BCUT2D eigenvalue weighted by molar-refractivity contribution is -0.117. The van der Waals surface area contributed by atoms with E-state index in [4.69, 9.17) is 0 Å². The minimum Gasteiger partial charge on any atom is -0.324 e. The van der Waals surface area contributed by atoms with E-state index < -0.39 is 0 Å². The molecule has 0 unspecified atom stereocenters. The Morgan fingerprint density at radius 1 is 1.08 bits per heavy atom. The summed E-state index contributed by atoms with van der Waals surface area (Å²) in [5.41, 5.74) is 4.38. The number of anilines is 1. The summed E-state index contributed by atoms with van der Waals surface area (Å²) in [5, 5.41) is 4.16. The number of amides is 1. The van der Waals surface area contributed by atoms with Crippen LogP contribution in [0.2, 0.25) is 0 Å². The molecule has 0 fully saturated rings. The van der Waals surface area contributed by atoms with Crippen LogP contribution in [0.4, 0.5) is 5.69 Å². The number of nitrogens with one attached hydrogen (secondary N) is 1. The predicted molar refractivity (Wildman–Crippen MR) is 110 cm³/mol. The van der Waals surface area contributed by atoms with Crippen molar-refractivity contribution in [1.82, 2.24) is 9.88 Å². The molecule has 0 bridgehead atoms. The van der Waals surface area contributed by atoms with Gasteiger partial charge in [-0.15, -0.1) is 11.3 Å². The van der Waals surface area contributed by atoms with E-state index in [1.807, 2.05) is 30.1 Å². The minimum atomic E-state index is 0.0178. The highest BCUT2D eigenvalue weighted by Crippen LogP contribution is 2.24. The van der Waals surface area contributed by atoms with Crippen LogP contribution >= 0.6 is 11.3 Å². The van der Waals surface area contributed by atoms with Gasteiger partial charge in [0.15, 0.2) is 0 Å². The number of benzene rings is 2. The zero-order valence-electron chi connectivity index (χ0n) is 15.6. The van der Waals surface area contributed by atoms with Crippen molar-refractivity contribution < 1.29 is 4.79 Å². The van der Waals surface area contributed by atoms with Crippen molar-refractivity contribution in [2.75, 3.05) is 18.9 Å². The predicted octanol–water partition coefficient (Wildman–Crippen LogP) is 4.49. The van der Waals surface area contributed by atoms with Crippen molar-refractivity contribution in [3.63, 3.8) is 0 Å². The Labute approximate surface area is 158 Å². The second-order valence-electron chi connectivity index (χ2n) is 6.45. The first-order valence-electron chi connectivity index (χ1n) is 9.04. The molecule has 0 spiro atoms.